The van der Waals surface area contributed by atoms with Gasteiger partial charge in [-0.3, -0.25) is 0 Å². The summed E-state index contributed by atoms with van der Waals surface area (Å²) in [4.78, 5) is 0. The SMILES string of the molecule is CSCc1ccc(N)cc1Cl. The zero-order chi connectivity index (χ0) is 8.27. The Labute approximate surface area is 75.9 Å². The minimum Gasteiger partial charge on any atom is -0.399 e. The third-order valence-electron chi connectivity index (χ3n) is 1.38. The van der Waals surface area contributed by atoms with Gasteiger partial charge in [0.15, 0.2) is 0 Å². The number of hydrogen-bond acceptors (Lipinski definition) is 2. The van der Waals surface area contributed by atoms with Crippen molar-refractivity contribution in [2.45, 2.75) is 5.75 Å². The van der Waals surface area contributed by atoms with Crippen LogP contribution in [0.2, 0.25) is 5.02 Å². The van der Waals surface area contributed by atoms with Crippen molar-refractivity contribution in [3.63, 3.8) is 0 Å². The Morgan fingerprint density at radius 2 is 2.27 bits per heavy atom. The van der Waals surface area contributed by atoms with Gasteiger partial charge in [0.1, 0.15) is 0 Å². The van der Waals surface area contributed by atoms with Crippen molar-refractivity contribution >= 4 is 29.1 Å². The maximum absolute atomic E-state index is 5.91. The Kier molecular flexibility index (Phi) is 3.09. The first-order valence-corrected chi connectivity index (χ1v) is 5.04. The number of halogens is 1. The molecule has 1 nitrogen and oxygen atoms in total. The summed E-state index contributed by atoms with van der Waals surface area (Å²) in [5.41, 5.74) is 7.40. The zero-order valence-electron chi connectivity index (χ0n) is 6.30. The van der Waals surface area contributed by atoms with E-state index in [1.807, 2.05) is 18.4 Å². The van der Waals surface area contributed by atoms with Crippen molar-refractivity contribution in [3.05, 3.63) is 28.8 Å². The van der Waals surface area contributed by atoms with Crippen molar-refractivity contribution < 1.29 is 0 Å². The van der Waals surface area contributed by atoms with Gasteiger partial charge in [-0.05, 0) is 24.0 Å². The van der Waals surface area contributed by atoms with Crippen LogP contribution in [0.15, 0.2) is 18.2 Å². The van der Waals surface area contributed by atoms with E-state index in [0.29, 0.717) is 0 Å². The molecule has 0 radical (unpaired) electrons. The number of benzene rings is 1. The van der Waals surface area contributed by atoms with Gasteiger partial charge in [0, 0.05) is 16.5 Å². The molecule has 0 bridgehead atoms. The lowest BCUT2D eigenvalue weighted by Crippen LogP contribution is -1.87. The predicted molar refractivity (Wildman–Crippen MR) is 53.1 cm³/mol. The van der Waals surface area contributed by atoms with E-state index in [-0.39, 0.29) is 0 Å². The van der Waals surface area contributed by atoms with Crippen molar-refractivity contribution in [1.29, 1.82) is 0 Å². The van der Waals surface area contributed by atoms with Gasteiger partial charge in [-0.2, -0.15) is 11.8 Å². The monoisotopic (exact) mass is 187 g/mol. The molecule has 0 aliphatic carbocycles. The highest BCUT2D eigenvalue weighted by atomic mass is 35.5. The summed E-state index contributed by atoms with van der Waals surface area (Å²) in [6, 6.07) is 5.62. The third-order valence-corrected chi connectivity index (χ3v) is 2.33. The van der Waals surface area contributed by atoms with Gasteiger partial charge in [0.25, 0.3) is 0 Å². The average molecular weight is 188 g/mol. The van der Waals surface area contributed by atoms with Gasteiger partial charge < -0.3 is 5.73 Å². The smallest absolute Gasteiger partial charge is 0.0466 e. The first-order chi connectivity index (χ1) is 5.24. The summed E-state index contributed by atoms with van der Waals surface area (Å²) in [6.45, 7) is 0. The van der Waals surface area contributed by atoms with E-state index >= 15 is 0 Å². The molecule has 0 atom stereocenters. The molecule has 0 amide bonds. The molecule has 3 heteroatoms. The number of nitrogens with two attached hydrogens (primary N) is 1. The number of rotatable bonds is 2. The molecule has 0 aromatic heterocycles. The van der Waals surface area contributed by atoms with Crippen LogP contribution >= 0.6 is 23.4 Å². The molecule has 1 aromatic carbocycles. The summed E-state index contributed by atoms with van der Waals surface area (Å²) in [5, 5.41) is 0.763. The fourth-order valence-electron chi connectivity index (χ4n) is 0.836. The largest absolute Gasteiger partial charge is 0.399 e. The van der Waals surface area contributed by atoms with E-state index in [1.165, 1.54) is 0 Å². The van der Waals surface area contributed by atoms with Crippen molar-refractivity contribution in [2.24, 2.45) is 0 Å². The molecule has 11 heavy (non-hydrogen) atoms. The lowest BCUT2D eigenvalue weighted by molar-refractivity contribution is 1.42. The van der Waals surface area contributed by atoms with Crippen LogP contribution in [0.25, 0.3) is 0 Å². The lowest BCUT2D eigenvalue weighted by Gasteiger charge is -2.01. The normalized spacial score (nSPS) is 10.0. The van der Waals surface area contributed by atoms with Gasteiger partial charge in [-0.15, -0.1) is 0 Å². The maximum atomic E-state index is 5.91. The number of hydrogen-bond donors (Lipinski definition) is 1. The van der Waals surface area contributed by atoms with Gasteiger partial charge in [-0.25, -0.2) is 0 Å². The molecule has 1 aromatic rings. The predicted octanol–water partition coefficient (Wildman–Crippen LogP) is 2.79. The molecule has 0 fully saturated rings. The van der Waals surface area contributed by atoms with Gasteiger partial charge in [0.05, 0.1) is 0 Å². The minimum absolute atomic E-state index is 0.722. The van der Waals surface area contributed by atoms with E-state index in [4.69, 9.17) is 17.3 Å². The van der Waals surface area contributed by atoms with Crippen LogP contribution in [0.1, 0.15) is 5.56 Å². The van der Waals surface area contributed by atoms with Crippen LogP contribution in [-0.4, -0.2) is 6.26 Å². The number of anilines is 1. The molecular formula is C8H10ClNS. The van der Waals surface area contributed by atoms with Crippen LogP contribution in [0.4, 0.5) is 5.69 Å². The standard InChI is InChI=1S/C8H10ClNS/c1-11-5-6-2-3-7(10)4-8(6)9/h2-4H,5,10H2,1H3. The number of nitrogen functional groups attached to an aromatic ring is 1. The zero-order valence-corrected chi connectivity index (χ0v) is 7.88. The van der Waals surface area contributed by atoms with Crippen LogP contribution in [0, 0.1) is 0 Å². The highest BCUT2D eigenvalue weighted by Gasteiger charge is 1.98. The molecule has 2 N–H and O–H groups in total. The van der Waals surface area contributed by atoms with E-state index < -0.39 is 0 Å². The Bertz CT molecular complexity index is 250. The summed E-state index contributed by atoms with van der Waals surface area (Å²) in [7, 11) is 0. The van der Waals surface area contributed by atoms with Crippen molar-refractivity contribution in [2.75, 3.05) is 12.0 Å². The third kappa shape index (κ3) is 2.31. The molecular weight excluding hydrogens is 178 g/mol. The van der Waals surface area contributed by atoms with E-state index in [9.17, 15) is 0 Å². The van der Waals surface area contributed by atoms with Crippen molar-refractivity contribution in [1.82, 2.24) is 0 Å². The first kappa shape index (κ1) is 8.75. The summed E-state index contributed by atoms with van der Waals surface area (Å²) < 4.78 is 0. The second-order valence-electron chi connectivity index (χ2n) is 2.28. The molecule has 0 spiro atoms. The minimum atomic E-state index is 0.722. The van der Waals surface area contributed by atoms with Crippen LogP contribution in [0.5, 0.6) is 0 Å². The van der Waals surface area contributed by atoms with Gasteiger partial charge >= 0.3 is 0 Å². The van der Waals surface area contributed by atoms with E-state index in [0.717, 1.165) is 22.0 Å². The molecule has 0 unspecified atom stereocenters. The lowest BCUT2D eigenvalue weighted by atomic mass is 10.2. The van der Waals surface area contributed by atoms with Crippen LogP contribution < -0.4 is 5.73 Å². The highest BCUT2D eigenvalue weighted by molar-refractivity contribution is 7.97. The fourth-order valence-corrected chi connectivity index (χ4v) is 1.73. The van der Waals surface area contributed by atoms with Crippen LogP contribution in [-0.2, 0) is 5.75 Å². The van der Waals surface area contributed by atoms with Crippen molar-refractivity contribution in [3.8, 4) is 0 Å². The average Bonchev–Trinajstić information content (AvgIpc) is 1.95. The Morgan fingerprint density at radius 3 is 2.82 bits per heavy atom. The Balaban J connectivity index is 2.90. The van der Waals surface area contributed by atoms with E-state index in [1.54, 1.807) is 17.8 Å². The molecule has 60 valence electrons. The fraction of sp³-hybridized carbons (Fsp3) is 0.250. The Hall–Kier alpha value is -0.340. The molecule has 0 aliphatic heterocycles. The summed E-state index contributed by atoms with van der Waals surface area (Å²) in [6.07, 6.45) is 2.05. The molecule has 0 heterocycles. The van der Waals surface area contributed by atoms with Gasteiger partial charge in [0.2, 0.25) is 0 Å². The Morgan fingerprint density at radius 1 is 1.55 bits per heavy atom. The second-order valence-corrected chi connectivity index (χ2v) is 3.56. The second kappa shape index (κ2) is 3.88. The maximum Gasteiger partial charge on any atom is 0.0466 e. The summed E-state index contributed by atoms with van der Waals surface area (Å²) in [5.74, 6) is 0.944. The highest BCUT2D eigenvalue weighted by Crippen LogP contribution is 2.22. The van der Waals surface area contributed by atoms with Gasteiger partial charge in [-0.1, -0.05) is 17.7 Å². The quantitative estimate of drug-likeness (QED) is 0.721. The topological polar surface area (TPSA) is 26.0 Å². The number of thioether (sulfide) groups is 1. The molecule has 0 saturated heterocycles. The molecule has 0 saturated carbocycles. The van der Waals surface area contributed by atoms with E-state index in [2.05, 4.69) is 0 Å². The summed E-state index contributed by atoms with van der Waals surface area (Å²) >= 11 is 7.66. The first-order valence-electron chi connectivity index (χ1n) is 3.27. The van der Waals surface area contributed by atoms with Crippen LogP contribution in [0.3, 0.4) is 0 Å². The molecule has 0 aliphatic rings. The molecule has 1 rings (SSSR count).